The lowest BCUT2D eigenvalue weighted by Crippen LogP contribution is -2.41. The van der Waals surface area contributed by atoms with E-state index in [0.29, 0.717) is 31.1 Å². The van der Waals surface area contributed by atoms with Crippen LogP contribution in [-0.4, -0.2) is 46.5 Å². The molecule has 0 aliphatic heterocycles. The Morgan fingerprint density at radius 3 is 2.25 bits per heavy atom. The summed E-state index contributed by atoms with van der Waals surface area (Å²) < 4.78 is 23.2. The van der Waals surface area contributed by atoms with Crippen LogP contribution in [0.4, 0.5) is 0 Å². The minimum atomic E-state index is -1.75. The Kier molecular flexibility index (Phi) is 11.5. The molecule has 0 aromatic heterocycles. The molecule has 0 saturated carbocycles. The van der Waals surface area contributed by atoms with Crippen molar-refractivity contribution in [1.29, 1.82) is 0 Å². The summed E-state index contributed by atoms with van der Waals surface area (Å²) in [7, 11) is 1.49. The summed E-state index contributed by atoms with van der Waals surface area (Å²) in [5, 5.41) is 11.1. The van der Waals surface area contributed by atoms with E-state index in [1.54, 1.807) is 14.2 Å². The Morgan fingerprint density at radius 2 is 1.72 bits per heavy atom. The predicted octanol–water partition coefficient (Wildman–Crippen LogP) is 6.21. The third kappa shape index (κ3) is 8.21. The quantitative estimate of drug-likeness (QED) is 0.201. The zero-order chi connectivity index (χ0) is 24.5. The third-order valence-corrected chi connectivity index (χ3v) is 11.4. The molecule has 0 aliphatic rings. The van der Waals surface area contributed by atoms with Gasteiger partial charge in [0.25, 0.3) is 0 Å². The van der Waals surface area contributed by atoms with Crippen molar-refractivity contribution in [3.8, 4) is 11.5 Å². The maximum absolute atomic E-state index is 10.9. The number of ether oxygens (including phenoxy) is 3. The Morgan fingerprint density at radius 1 is 1.09 bits per heavy atom. The van der Waals surface area contributed by atoms with Gasteiger partial charge in [-0.1, -0.05) is 46.8 Å². The second-order valence-corrected chi connectivity index (χ2v) is 15.0. The van der Waals surface area contributed by atoms with E-state index in [4.69, 9.17) is 18.6 Å². The highest BCUT2D eigenvalue weighted by Gasteiger charge is 2.37. The molecule has 6 heteroatoms. The molecule has 32 heavy (non-hydrogen) atoms. The third-order valence-electron chi connectivity index (χ3n) is 6.82. The van der Waals surface area contributed by atoms with E-state index in [0.717, 1.165) is 12.0 Å². The van der Waals surface area contributed by atoms with Crippen LogP contribution in [0.15, 0.2) is 30.9 Å². The molecule has 0 unspecified atom stereocenters. The van der Waals surface area contributed by atoms with Crippen LogP contribution in [0.25, 0.3) is 0 Å². The van der Waals surface area contributed by atoms with E-state index >= 15 is 0 Å². The van der Waals surface area contributed by atoms with Crippen molar-refractivity contribution >= 4 is 8.32 Å². The molecule has 5 nitrogen and oxygen atoms in total. The first-order valence-corrected chi connectivity index (χ1v) is 14.6. The molecular weight excluding hydrogens is 420 g/mol. The number of rotatable bonds is 14. The van der Waals surface area contributed by atoms with E-state index in [9.17, 15) is 5.11 Å². The lowest BCUT2D eigenvalue weighted by molar-refractivity contribution is -0.0582. The highest BCUT2D eigenvalue weighted by atomic mass is 28.4. The summed E-state index contributed by atoms with van der Waals surface area (Å²) >= 11 is 0. The van der Waals surface area contributed by atoms with Crippen molar-refractivity contribution in [3.63, 3.8) is 0 Å². The lowest BCUT2D eigenvalue weighted by atomic mass is 9.87. The first-order valence-electron chi connectivity index (χ1n) is 11.6. The van der Waals surface area contributed by atoms with Crippen molar-refractivity contribution in [2.24, 2.45) is 11.8 Å². The van der Waals surface area contributed by atoms with Crippen LogP contribution in [0, 0.1) is 11.8 Å². The average molecular weight is 467 g/mol. The molecule has 0 heterocycles. The number of benzene rings is 1. The molecule has 1 N–H and O–H groups in total. The number of hydrogen-bond donors (Lipinski definition) is 1. The Labute approximate surface area is 197 Å². The first kappa shape index (κ1) is 28.7. The Bertz CT molecular complexity index is 698. The summed E-state index contributed by atoms with van der Waals surface area (Å²) in [5.41, 5.74) is 0.994. The van der Waals surface area contributed by atoms with E-state index < -0.39 is 14.4 Å². The first-order chi connectivity index (χ1) is 14.9. The molecule has 0 bridgehead atoms. The fourth-order valence-corrected chi connectivity index (χ4v) is 4.49. The van der Waals surface area contributed by atoms with Gasteiger partial charge in [-0.2, -0.15) is 0 Å². The van der Waals surface area contributed by atoms with Crippen LogP contribution >= 0.6 is 0 Å². The molecule has 4 atom stereocenters. The summed E-state index contributed by atoms with van der Waals surface area (Å²) in [4.78, 5) is 0. The summed E-state index contributed by atoms with van der Waals surface area (Å²) in [6, 6.07) is 5.77. The molecule has 0 fully saturated rings. The van der Waals surface area contributed by atoms with E-state index in [1.165, 1.54) is 0 Å². The fourth-order valence-electron chi connectivity index (χ4n) is 3.40. The lowest BCUT2D eigenvalue weighted by Gasteiger charge is -2.36. The smallest absolute Gasteiger partial charge is 0.191 e. The Hall–Kier alpha value is -1.34. The van der Waals surface area contributed by atoms with Gasteiger partial charge < -0.3 is 23.7 Å². The number of aliphatic hydroxyl groups excluding tert-OH is 1. The number of hydrogen-bond acceptors (Lipinski definition) is 5. The van der Waals surface area contributed by atoms with Gasteiger partial charge in [0.1, 0.15) is 0 Å². The molecular formula is C26H46O5Si. The van der Waals surface area contributed by atoms with E-state index in [2.05, 4.69) is 54.3 Å². The molecule has 0 aliphatic carbocycles. The number of methoxy groups -OCH3 is 2. The van der Waals surface area contributed by atoms with Crippen molar-refractivity contribution in [1.82, 2.24) is 0 Å². The normalized spacial score (nSPS) is 16.2. The van der Waals surface area contributed by atoms with Crippen LogP contribution in [0.2, 0.25) is 18.1 Å². The molecule has 184 valence electrons. The van der Waals surface area contributed by atoms with Crippen LogP contribution in [0.1, 0.15) is 53.0 Å². The standard InChI is InChI=1S/C26H46O5Si/c1-11-19(2)25(30-18-21-14-15-23(28-7)24(17-21)29-8)20(3)22(27)13-12-16-31-32(9,10)26(4,5)6/h11,14-15,17,19-20,22,25,27H,1,12-13,16,18H2,2-10H3/t19-,20-,22+,25-/m0/s1. The van der Waals surface area contributed by atoms with Gasteiger partial charge in [0, 0.05) is 18.4 Å². The van der Waals surface area contributed by atoms with Gasteiger partial charge in [0.05, 0.1) is 33.0 Å². The summed E-state index contributed by atoms with van der Waals surface area (Å²) in [6.45, 7) is 20.4. The summed E-state index contributed by atoms with van der Waals surface area (Å²) in [6.07, 6.45) is 2.81. The van der Waals surface area contributed by atoms with Gasteiger partial charge in [-0.3, -0.25) is 0 Å². The average Bonchev–Trinajstić information content (AvgIpc) is 2.75. The van der Waals surface area contributed by atoms with Gasteiger partial charge in [0.2, 0.25) is 0 Å². The maximum Gasteiger partial charge on any atom is 0.191 e. The van der Waals surface area contributed by atoms with Crippen LogP contribution in [0.5, 0.6) is 11.5 Å². The highest BCUT2D eigenvalue weighted by molar-refractivity contribution is 6.74. The van der Waals surface area contributed by atoms with Crippen LogP contribution < -0.4 is 9.47 Å². The monoisotopic (exact) mass is 466 g/mol. The van der Waals surface area contributed by atoms with Gasteiger partial charge in [-0.25, -0.2) is 0 Å². The van der Waals surface area contributed by atoms with Crippen LogP contribution in [-0.2, 0) is 15.8 Å². The zero-order valence-electron chi connectivity index (χ0n) is 21.7. The SMILES string of the molecule is C=C[C@H](C)[C@H](OCc1ccc(OC)c(OC)c1)[C@@H](C)[C@H](O)CCCO[Si](C)(C)C(C)(C)C. The summed E-state index contributed by atoms with van der Waals surface area (Å²) in [5.74, 6) is 1.45. The Balaban J connectivity index is 2.69. The fraction of sp³-hybridized carbons (Fsp3) is 0.692. The highest BCUT2D eigenvalue weighted by Crippen LogP contribution is 2.36. The molecule has 0 amide bonds. The van der Waals surface area contributed by atoms with E-state index in [1.807, 2.05) is 24.3 Å². The second kappa shape index (κ2) is 12.8. The van der Waals surface area contributed by atoms with Gasteiger partial charge in [0.15, 0.2) is 19.8 Å². The van der Waals surface area contributed by atoms with Gasteiger partial charge in [-0.15, -0.1) is 6.58 Å². The molecule has 0 saturated heterocycles. The maximum atomic E-state index is 10.9. The van der Waals surface area contributed by atoms with Gasteiger partial charge >= 0.3 is 0 Å². The van der Waals surface area contributed by atoms with Crippen molar-refractivity contribution in [2.45, 2.75) is 84.4 Å². The topological polar surface area (TPSA) is 57.2 Å². The second-order valence-electron chi connectivity index (χ2n) is 10.2. The minimum absolute atomic E-state index is 0.0315. The largest absolute Gasteiger partial charge is 0.493 e. The molecule has 1 rings (SSSR count). The zero-order valence-corrected chi connectivity index (χ0v) is 22.7. The van der Waals surface area contributed by atoms with Crippen molar-refractivity contribution in [2.75, 3.05) is 20.8 Å². The van der Waals surface area contributed by atoms with Crippen LogP contribution in [0.3, 0.4) is 0 Å². The number of aliphatic hydroxyl groups is 1. The minimum Gasteiger partial charge on any atom is -0.493 e. The molecule has 1 aromatic carbocycles. The van der Waals surface area contributed by atoms with Crippen molar-refractivity contribution < 1.29 is 23.7 Å². The predicted molar refractivity (Wildman–Crippen MR) is 135 cm³/mol. The van der Waals surface area contributed by atoms with E-state index in [-0.39, 0.29) is 23.0 Å². The molecule has 0 spiro atoms. The van der Waals surface area contributed by atoms with Crippen molar-refractivity contribution in [3.05, 3.63) is 36.4 Å². The van der Waals surface area contributed by atoms with Gasteiger partial charge in [-0.05, 0) is 48.7 Å². The molecule has 0 radical (unpaired) electrons. The molecule has 1 aromatic rings.